The molecule has 1 unspecified atom stereocenters. The largest absolute Gasteiger partial charge is 0.308 e. The number of hydrogen-bond donors (Lipinski definition) is 1. The lowest BCUT2D eigenvalue weighted by Gasteiger charge is -2.19. The van der Waals surface area contributed by atoms with Crippen molar-refractivity contribution in [3.05, 3.63) is 38.3 Å². The molecule has 0 aliphatic rings. The van der Waals surface area contributed by atoms with Gasteiger partial charge in [-0.1, -0.05) is 0 Å². The van der Waals surface area contributed by atoms with Gasteiger partial charge >= 0.3 is 0 Å². The maximum atomic E-state index is 4.50. The molecule has 1 N–H and O–H groups in total. The van der Waals surface area contributed by atoms with Crippen LogP contribution in [-0.4, -0.2) is 42.4 Å². The highest BCUT2D eigenvalue weighted by Crippen LogP contribution is 2.32. The van der Waals surface area contributed by atoms with Gasteiger partial charge < -0.3 is 10.2 Å². The van der Waals surface area contributed by atoms with E-state index in [1.807, 2.05) is 24.6 Å². The van der Waals surface area contributed by atoms with Crippen molar-refractivity contribution in [2.24, 2.45) is 0 Å². The normalized spacial score (nSPS) is 13.1. The molecule has 1 atom stereocenters. The van der Waals surface area contributed by atoms with Crippen molar-refractivity contribution in [2.75, 3.05) is 27.7 Å². The molecule has 0 radical (unpaired) electrons. The molecule has 20 heavy (non-hydrogen) atoms. The number of halogens is 1. The molecule has 0 fully saturated rings. The fourth-order valence-corrected chi connectivity index (χ4v) is 3.67. The molecule has 0 spiro atoms. The first kappa shape index (κ1) is 15.7. The van der Waals surface area contributed by atoms with Gasteiger partial charge in [-0.15, -0.1) is 11.3 Å². The minimum absolute atomic E-state index is 0.174. The van der Waals surface area contributed by atoms with E-state index in [1.54, 1.807) is 0 Å². The lowest BCUT2D eigenvalue weighted by molar-refractivity contribution is 0.366. The maximum absolute atomic E-state index is 4.50. The van der Waals surface area contributed by atoms with E-state index < -0.39 is 0 Å². The molecule has 0 aromatic carbocycles. The second kappa shape index (κ2) is 6.85. The first-order chi connectivity index (χ1) is 9.52. The summed E-state index contributed by atoms with van der Waals surface area (Å²) in [6.45, 7) is 4.00. The highest BCUT2D eigenvalue weighted by molar-refractivity contribution is 9.10. The first-order valence-corrected chi connectivity index (χ1v) is 8.23. The zero-order chi connectivity index (χ0) is 14.7. The Morgan fingerprint density at radius 3 is 2.75 bits per heavy atom. The Morgan fingerprint density at radius 1 is 1.45 bits per heavy atom. The fraction of sp³-hybridized carbons (Fsp3) is 0.500. The molecular formula is C14H21BrN4S. The van der Waals surface area contributed by atoms with Crippen molar-refractivity contribution in [3.8, 4) is 0 Å². The highest BCUT2D eigenvalue weighted by Gasteiger charge is 2.21. The zero-order valence-electron chi connectivity index (χ0n) is 12.4. The molecule has 4 nitrogen and oxygen atoms in total. The molecule has 0 aliphatic heterocycles. The molecule has 0 saturated heterocycles. The number of nitrogens with zero attached hydrogens (tertiary/aromatic N) is 3. The predicted octanol–water partition coefficient (Wildman–Crippen LogP) is 2.89. The van der Waals surface area contributed by atoms with Gasteiger partial charge in [0.2, 0.25) is 0 Å². The summed E-state index contributed by atoms with van der Waals surface area (Å²) in [6.07, 6.45) is 1.88. The SMILES string of the molecule is CNC(c1ccc(C)s1)c1c(Br)cnn1CCN(C)C. The third-order valence-corrected chi connectivity index (χ3v) is 4.88. The minimum atomic E-state index is 0.174. The summed E-state index contributed by atoms with van der Waals surface area (Å²) in [5, 5.41) is 7.91. The van der Waals surface area contributed by atoms with Crippen LogP contribution in [0.5, 0.6) is 0 Å². The Labute approximate surface area is 132 Å². The number of thiophene rings is 1. The Balaban J connectivity index is 2.31. The van der Waals surface area contributed by atoms with Crippen molar-refractivity contribution in [3.63, 3.8) is 0 Å². The van der Waals surface area contributed by atoms with Gasteiger partial charge in [0.05, 0.1) is 29.0 Å². The Kier molecular flexibility index (Phi) is 5.37. The van der Waals surface area contributed by atoms with Crippen LogP contribution in [0.15, 0.2) is 22.8 Å². The molecule has 2 rings (SSSR count). The molecule has 2 heterocycles. The van der Waals surface area contributed by atoms with Crippen molar-refractivity contribution in [1.29, 1.82) is 0 Å². The number of likely N-dealkylation sites (N-methyl/N-ethyl adjacent to an activating group) is 1. The Bertz CT molecular complexity index is 561. The highest BCUT2D eigenvalue weighted by atomic mass is 79.9. The van der Waals surface area contributed by atoms with Crippen molar-refractivity contribution < 1.29 is 0 Å². The van der Waals surface area contributed by atoms with E-state index in [4.69, 9.17) is 0 Å². The predicted molar refractivity (Wildman–Crippen MR) is 88.4 cm³/mol. The van der Waals surface area contributed by atoms with Crippen LogP contribution < -0.4 is 5.32 Å². The van der Waals surface area contributed by atoms with Gasteiger partial charge in [0.25, 0.3) is 0 Å². The number of hydrogen-bond acceptors (Lipinski definition) is 4. The summed E-state index contributed by atoms with van der Waals surface area (Å²) >= 11 is 5.46. The first-order valence-electron chi connectivity index (χ1n) is 6.62. The number of aryl methyl sites for hydroxylation is 1. The van der Waals surface area contributed by atoms with E-state index >= 15 is 0 Å². The van der Waals surface area contributed by atoms with Gasteiger partial charge in [-0.25, -0.2) is 0 Å². The van der Waals surface area contributed by atoms with Crippen LogP contribution in [0, 0.1) is 6.92 Å². The van der Waals surface area contributed by atoms with Crippen LogP contribution in [0.2, 0.25) is 0 Å². The van der Waals surface area contributed by atoms with Crippen LogP contribution in [0.3, 0.4) is 0 Å². The van der Waals surface area contributed by atoms with Crippen LogP contribution >= 0.6 is 27.3 Å². The van der Waals surface area contributed by atoms with E-state index in [1.165, 1.54) is 15.4 Å². The fourth-order valence-electron chi connectivity index (χ4n) is 2.15. The van der Waals surface area contributed by atoms with Gasteiger partial charge in [0, 0.05) is 16.3 Å². The molecule has 0 bridgehead atoms. The van der Waals surface area contributed by atoms with Crippen LogP contribution in [0.1, 0.15) is 21.5 Å². The van der Waals surface area contributed by atoms with Crippen molar-refractivity contribution in [2.45, 2.75) is 19.5 Å². The third kappa shape index (κ3) is 3.49. The monoisotopic (exact) mass is 356 g/mol. The molecule has 6 heteroatoms. The van der Waals surface area contributed by atoms with Gasteiger partial charge in [-0.2, -0.15) is 5.10 Å². The molecule has 0 aliphatic carbocycles. The van der Waals surface area contributed by atoms with E-state index in [-0.39, 0.29) is 6.04 Å². The summed E-state index contributed by atoms with van der Waals surface area (Å²) in [5.41, 5.74) is 1.19. The minimum Gasteiger partial charge on any atom is -0.308 e. The molecule has 110 valence electrons. The summed E-state index contributed by atoms with van der Waals surface area (Å²) in [5.74, 6) is 0. The van der Waals surface area contributed by atoms with Gasteiger partial charge in [0.1, 0.15) is 0 Å². The van der Waals surface area contributed by atoms with E-state index in [0.29, 0.717) is 0 Å². The second-order valence-electron chi connectivity index (χ2n) is 5.07. The standard InChI is InChI=1S/C14H21BrN4S/c1-10-5-6-12(20-10)13(16-2)14-11(15)9-17-19(14)8-7-18(3)4/h5-6,9,13,16H,7-8H2,1-4H3. The van der Waals surface area contributed by atoms with Crippen molar-refractivity contribution in [1.82, 2.24) is 20.0 Å². The van der Waals surface area contributed by atoms with Gasteiger partial charge in [0.15, 0.2) is 0 Å². The van der Waals surface area contributed by atoms with E-state index in [0.717, 1.165) is 17.6 Å². The lowest BCUT2D eigenvalue weighted by Crippen LogP contribution is -2.25. The van der Waals surface area contributed by atoms with Crippen molar-refractivity contribution >= 4 is 27.3 Å². The number of rotatable bonds is 6. The topological polar surface area (TPSA) is 33.1 Å². The van der Waals surface area contributed by atoms with Crippen LogP contribution in [-0.2, 0) is 6.54 Å². The Morgan fingerprint density at radius 2 is 2.20 bits per heavy atom. The molecule has 2 aromatic heterocycles. The summed E-state index contributed by atoms with van der Waals surface area (Å²) in [4.78, 5) is 4.82. The average molecular weight is 357 g/mol. The van der Waals surface area contributed by atoms with Crippen LogP contribution in [0.25, 0.3) is 0 Å². The molecule has 0 amide bonds. The second-order valence-corrected chi connectivity index (χ2v) is 7.25. The molecular weight excluding hydrogens is 336 g/mol. The van der Waals surface area contributed by atoms with Crippen LogP contribution in [0.4, 0.5) is 0 Å². The quantitative estimate of drug-likeness (QED) is 0.863. The zero-order valence-corrected chi connectivity index (χ0v) is 14.8. The smallest absolute Gasteiger partial charge is 0.0851 e. The summed E-state index contributed by atoms with van der Waals surface area (Å²) in [6, 6.07) is 4.53. The van der Waals surface area contributed by atoms with Gasteiger partial charge in [-0.3, -0.25) is 4.68 Å². The van der Waals surface area contributed by atoms with E-state index in [2.05, 4.69) is 69.1 Å². The third-order valence-electron chi connectivity index (χ3n) is 3.20. The average Bonchev–Trinajstić information content (AvgIpc) is 2.97. The van der Waals surface area contributed by atoms with E-state index in [9.17, 15) is 0 Å². The Hall–Kier alpha value is -0.690. The number of aromatic nitrogens is 2. The molecule has 0 saturated carbocycles. The summed E-state index contributed by atoms with van der Waals surface area (Å²) in [7, 11) is 6.16. The lowest BCUT2D eigenvalue weighted by atomic mass is 10.1. The summed E-state index contributed by atoms with van der Waals surface area (Å²) < 4.78 is 3.14. The number of nitrogens with one attached hydrogen (secondary N) is 1. The maximum Gasteiger partial charge on any atom is 0.0851 e. The molecule has 2 aromatic rings. The van der Waals surface area contributed by atoms with Gasteiger partial charge in [-0.05, 0) is 56.1 Å².